The predicted octanol–water partition coefficient (Wildman–Crippen LogP) is 2.08. The number of hydrogen-bond acceptors (Lipinski definition) is 5. The van der Waals surface area contributed by atoms with E-state index in [-0.39, 0.29) is 30.1 Å². The van der Waals surface area contributed by atoms with Crippen LogP contribution in [0.15, 0.2) is 23.2 Å². The van der Waals surface area contributed by atoms with Crippen LogP contribution in [0.2, 0.25) is 0 Å². The number of aryl methyl sites for hydroxylation is 1. The normalized spacial score (nSPS) is 21.0. The molecule has 1 aromatic carbocycles. The molecule has 2 aliphatic heterocycles. The van der Waals surface area contributed by atoms with Crippen molar-refractivity contribution < 1.29 is 9.47 Å². The minimum Gasteiger partial charge on any atom is -0.488 e. The third-order valence-electron chi connectivity index (χ3n) is 5.61. The van der Waals surface area contributed by atoms with Crippen LogP contribution in [0.5, 0.6) is 5.75 Å². The van der Waals surface area contributed by atoms with Crippen molar-refractivity contribution in [1.29, 1.82) is 0 Å². The number of rotatable bonds is 7. The first-order valence-corrected chi connectivity index (χ1v) is 10.8. The van der Waals surface area contributed by atoms with Gasteiger partial charge >= 0.3 is 0 Å². The van der Waals surface area contributed by atoms with E-state index in [1.165, 1.54) is 25.1 Å². The van der Waals surface area contributed by atoms with Crippen LogP contribution < -0.4 is 15.4 Å². The van der Waals surface area contributed by atoms with Gasteiger partial charge in [-0.05, 0) is 45.1 Å². The fourth-order valence-corrected chi connectivity index (χ4v) is 3.76. The van der Waals surface area contributed by atoms with E-state index in [0.29, 0.717) is 13.2 Å². The van der Waals surface area contributed by atoms with Gasteiger partial charge in [0.25, 0.3) is 0 Å². The van der Waals surface area contributed by atoms with Crippen LogP contribution in [0.25, 0.3) is 0 Å². The molecule has 7 nitrogen and oxygen atoms in total. The van der Waals surface area contributed by atoms with Gasteiger partial charge < -0.3 is 29.9 Å². The molecule has 170 valence electrons. The lowest BCUT2D eigenvalue weighted by atomic mass is 10.1. The largest absolute Gasteiger partial charge is 0.488 e. The molecule has 0 saturated carbocycles. The van der Waals surface area contributed by atoms with Crippen molar-refractivity contribution in [1.82, 2.24) is 20.4 Å². The van der Waals surface area contributed by atoms with Crippen molar-refractivity contribution in [2.24, 2.45) is 4.99 Å². The van der Waals surface area contributed by atoms with Gasteiger partial charge in [-0.25, -0.2) is 0 Å². The highest BCUT2D eigenvalue weighted by Crippen LogP contribution is 2.23. The monoisotopic (exact) mass is 531 g/mol. The summed E-state index contributed by atoms with van der Waals surface area (Å²) in [6.07, 6.45) is 2.35. The van der Waals surface area contributed by atoms with Gasteiger partial charge in [0, 0.05) is 51.8 Å². The van der Waals surface area contributed by atoms with Crippen LogP contribution in [-0.2, 0) is 11.3 Å². The highest BCUT2D eigenvalue weighted by molar-refractivity contribution is 14.0. The quantitative estimate of drug-likeness (QED) is 0.319. The zero-order chi connectivity index (χ0) is 20.5. The van der Waals surface area contributed by atoms with E-state index >= 15 is 0 Å². The van der Waals surface area contributed by atoms with Crippen LogP contribution in [0.1, 0.15) is 24.0 Å². The van der Waals surface area contributed by atoms with Crippen molar-refractivity contribution >= 4 is 29.9 Å². The topological polar surface area (TPSA) is 61.4 Å². The summed E-state index contributed by atoms with van der Waals surface area (Å²) in [6, 6.07) is 6.37. The van der Waals surface area contributed by atoms with Gasteiger partial charge in [-0.3, -0.25) is 4.99 Å². The van der Waals surface area contributed by atoms with Gasteiger partial charge in [0.1, 0.15) is 11.9 Å². The molecule has 0 amide bonds. The first kappa shape index (κ1) is 25.2. The van der Waals surface area contributed by atoms with Gasteiger partial charge in [-0.2, -0.15) is 0 Å². The molecule has 2 N–H and O–H groups in total. The molecule has 0 spiro atoms. The second-order valence-corrected chi connectivity index (χ2v) is 8.07. The Kier molecular flexibility index (Phi) is 11.2. The number of nitrogens with one attached hydrogen (secondary N) is 2. The Balaban J connectivity index is 0.00000320. The lowest BCUT2D eigenvalue weighted by Crippen LogP contribution is -2.42. The summed E-state index contributed by atoms with van der Waals surface area (Å²) in [5.74, 6) is 1.77. The summed E-state index contributed by atoms with van der Waals surface area (Å²) in [7, 11) is 4.02. The number of ether oxygens (including phenoxy) is 2. The lowest BCUT2D eigenvalue weighted by molar-refractivity contribution is 0.140. The van der Waals surface area contributed by atoms with Gasteiger partial charge in [0.2, 0.25) is 0 Å². The average Bonchev–Trinajstić information content (AvgIpc) is 3.13. The maximum absolute atomic E-state index is 6.20. The van der Waals surface area contributed by atoms with E-state index in [4.69, 9.17) is 9.47 Å². The summed E-state index contributed by atoms with van der Waals surface area (Å²) in [5, 5.41) is 6.87. The number of likely N-dealkylation sites (N-methyl/N-ethyl adjacent to an activating group) is 1. The number of aliphatic imine (C=N–C) groups is 1. The number of halogens is 1. The Bertz CT molecular complexity index is 667. The third kappa shape index (κ3) is 8.20. The first-order valence-electron chi connectivity index (χ1n) is 10.8. The summed E-state index contributed by atoms with van der Waals surface area (Å²) in [5.41, 5.74) is 2.34. The first-order chi connectivity index (χ1) is 14.1. The molecule has 3 rings (SSSR count). The minimum absolute atomic E-state index is 0. The van der Waals surface area contributed by atoms with E-state index in [1.807, 2.05) is 7.05 Å². The Morgan fingerprint density at radius 1 is 1.23 bits per heavy atom. The van der Waals surface area contributed by atoms with Crippen LogP contribution in [-0.4, -0.2) is 88.4 Å². The fourth-order valence-electron chi connectivity index (χ4n) is 3.76. The molecule has 2 saturated heterocycles. The number of benzene rings is 1. The smallest absolute Gasteiger partial charge is 0.191 e. The van der Waals surface area contributed by atoms with Crippen LogP contribution in [0.4, 0.5) is 0 Å². The average molecular weight is 531 g/mol. The van der Waals surface area contributed by atoms with Crippen molar-refractivity contribution in [3.63, 3.8) is 0 Å². The third-order valence-corrected chi connectivity index (χ3v) is 5.61. The van der Waals surface area contributed by atoms with Crippen molar-refractivity contribution in [3.8, 4) is 5.75 Å². The van der Waals surface area contributed by atoms with Gasteiger partial charge in [-0.15, -0.1) is 24.0 Å². The van der Waals surface area contributed by atoms with Gasteiger partial charge in [0.15, 0.2) is 5.96 Å². The number of hydrogen-bond donors (Lipinski definition) is 2. The number of guanidine groups is 1. The number of nitrogens with zero attached hydrogens (tertiary/aromatic N) is 3. The van der Waals surface area contributed by atoms with Crippen molar-refractivity contribution in [2.75, 3.05) is 66.6 Å². The molecule has 2 aliphatic rings. The van der Waals surface area contributed by atoms with Crippen LogP contribution in [0.3, 0.4) is 0 Å². The summed E-state index contributed by atoms with van der Waals surface area (Å²) in [4.78, 5) is 9.31. The zero-order valence-corrected chi connectivity index (χ0v) is 21.0. The molecular weight excluding hydrogens is 493 g/mol. The maximum atomic E-state index is 6.20. The molecule has 2 heterocycles. The Labute approximate surface area is 198 Å². The van der Waals surface area contributed by atoms with Gasteiger partial charge in [-0.1, -0.05) is 12.1 Å². The minimum atomic E-state index is 0. The second-order valence-electron chi connectivity index (χ2n) is 8.07. The van der Waals surface area contributed by atoms with E-state index in [9.17, 15) is 0 Å². The summed E-state index contributed by atoms with van der Waals surface area (Å²) >= 11 is 0. The fraction of sp³-hybridized carbons (Fsp3) is 0.682. The molecule has 30 heavy (non-hydrogen) atoms. The predicted molar refractivity (Wildman–Crippen MR) is 133 cm³/mol. The summed E-state index contributed by atoms with van der Waals surface area (Å²) in [6.45, 7) is 10.8. The van der Waals surface area contributed by atoms with E-state index in [2.05, 4.69) is 57.6 Å². The van der Waals surface area contributed by atoms with Gasteiger partial charge in [0.05, 0.1) is 13.2 Å². The molecule has 0 aliphatic carbocycles. The molecular formula is C22H38IN5O2. The van der Waals surface area contributed by atoms with Crippen LogP contribution >= 0.6 is 24.0 Å². The maximum Gasteiger partial charge on any atom is 0.191 e. The molecule has 2 fully saturated rings. The standard InChI is InChI=1S/C22H37N5O2.HI/c1-18-5-6-19(21(15-18)29-20-7-14-28-17-20)16-25-22(23-2)24-8-11-27-10-4-9-26(3)12-13-27;/h5-6,15,20H,4,7-14,16-17H2,1-3H3,(H2,23,24,25);1H. The molecule has 1 aromatic rings. The molecule has 1 atom stereocenters. The Hall–Kier alpha value is -1.10. The highest BCUT2D eigenvalue weighted by Gasteiger charge is 2.19. The van der Waals surface area contributed by atoms with Crippen molar-refractivity contribution in [3.05, 3.63) is 29.3 Å². The van der Waals surface area contributed by atoms with Crippen LogP contribution in [0, 0.1) is 6.92 Å². The molecule has 0 bridgehead atoms. The van der Waals surface area contributed by atoms with E-state index in [1.54, 1.807) is 0 Å². The van der Waals surface area contributed by atoms with E-state index < -0.39 is 0 Å². The SMILES string of the molecule is CN=C(NCCN1CCCN(C)CC1)NCc1ccc(C)cc1OC1CCOC1.I. The highest BCUT2D eigenvalue weighted by atomic mass is 127. The summed E-state index contributed by atoms with van der Waals surface area (Å²) < 4.78 is 11.6. The Morgan fingerprint density at radius 2 is 2.10 bits per heavy atom. The Morgan fingerprint density at radius 3 is 2.87 bits per heavy atom. The lowest BCUT2D eigenvalue weighted by Gasteiger charge is -2.21. The molecule has 8 heteroatoms. The van der Waals surface area contributed by atoms with Crippen molar-refractivity contribution in [2.45, 2.75) is 32.4 Å². The molecule has 0 aromatic heterocycles. The molecule has 1 unspecified atom stereocenters. The molecule has 0 radical (unpaired) electrons. The van der Waals surface area contributed by atoms with E-state index in [0.717, 1.165) is 56.5 Å². The second kappa shape index (κ2) is 13.3. The zero-order valence-electron chi connectivity index (χ0n) is 18.7.